The summed E-state index contributed by atoms with van der Waals surface area (Å²) in [4.78, 5) is 11.8. The predicted molar refractivity (Wildman–Crippen MR) is 79.6 cm³/mol. The van der Waals surface area contributed by atoms with Crippen molar-refractivity contribution in [3.63, 3.8) is 0 Å². The third kappa shape index (κ3) is 2.63. The molecule has 5 heteroatoms. The first-order chi connectivity index (χ1) is 9.39. The van der Waals surface area contributed by atoms with Gasteiger partial charge in [0.1, 0.15) is 9.84 Å². The van der Waals surface area contributed by atoms with Gasteiger partial charge in [0.25, 0.3) is 0 Å². The normalized spacial score (nSPS) is 17.2. The molecule has 4 nitrogen and oxygen atoms in total. The van der Waals surface area contributed by atoms with E-state index in [1.165, 1.54) is 6.26 Å². The van der Waals surface area contributed by atoms with Crippen molar-refractivity contribution in [1.29, 1.82) is 0 Å². The van der Waals surface area contributed by atoms with Crippen LogP contribution in [0, 0.1) is 5.41 Å². The van der Waals surface area contributed by atoms with Crippen LogP contribution < -0.4 is 5.43 Å². The van der Waals surface area contributed by atoms with E-state index in [0.29, 0.717) is 11.9 Å². The fraction of sp³-hybridized carbons (Fsp3) is 0.400. The Morgan fingerprint density at radius 3 is 2.55 bits per heavy atom. The van der Waals surface area contributed by atoms with Gasteiger partial charge >= 0.3 is 0 Å². The molecule has 0 saturated heterocycles. The highest BCUT2D eigenvalue weighted by Crippen LogP contribution is 2.48. The van der Waals surface area contributed by atoms with Gasteiger partial charge in [-0.25, -0.2) is 8.42 Å². The number of para-hydroxylation sites is 1. The van der Waals surface area contributed by atoms with Gasteiger partial charge in [-0.15, -0.1) is 0 Å². The first kappa shape index (κ1) is 13.4. The van der Waals surface area contributed by atoms with Crippen molar-refractivity contribution in [1.82, 2.24) is 4.57 Å². The smallest absolute Gasteiger partial charge is 0.189 e. The van der Waals surface area contributed by atoms with E-state index >= 15 is 0 Å². The molecule has 0 bridgehead atoms. The van der Waals surface area contributed by atoms with Gasteiger partial charge in [0.05, 0.1) is 11.3 Å². The third-order valence-electron chi connectivity index (χ3n) is 3.92. The van der Waals surface area contributed by atoms with E-state index < -0.39 is 9.84 Å². The lowest BCUT2D eigenvalue weighted by molar-refractivity contribution is 0.467. The van der Waals surface area contributed by atoms with Crippen molar-refractivity contribution in [2.24, 2.45) is 5.41 Å². The van der Waals surface area contributed by atoms with E-state index in [1.807, 2.05) is 28.8 Å². The Labute approximate surface area is 118 Å². The zero-order valence-corrected chi connectivity index (χ0v) is 12.2. The predicted octanol–water partition coefficient (Wildman–Crippen LogP) is 1.83. The van der Waals surface area contributed by atoms with Crippen LogP contribution in [0.3, 0.4) is 0 Å². The molecule has 0 aliphatic heterocycles. The summed E-state index contributed by atoms with van der Waals surface area (Å²) in [5, 5.41) is 0.685. The standard InChI is InChI=1S/C15H17NO3S/c1-20(18,19)11-15(7-8-15)10-16-9-6-14(17)12-4-2-3-5-13(12)16/h2-6,9H,7-8,10-11H2,1H3. The lowest BCUT2D eigenvalue weighted by Gasteiger charge is -2.18. The molecule has 2 aromatic rings. The maximum absolute atomic E-state index is 11.8. The van der Waals surface area contributed by atoms with Gasteiger partial charge in [-0.3, -0.25) is 4.79 Å². The second-order valence-electron chi connectivity index (χ2n) is 5.90. The number of sulfone groups is 1. The molecule has 1 aromatic heterocycles. The minimum Gasteiger partial charge on any atom is -0.347 e. The Hall–Kier alpha value is -1.62. The fourth-order valence-electron chi connectivity index (χ4n) is 2.84. The van der Waals surface area contributed by atoms with Crippen LogP contribution in [0.4, 0.5) is 0 Å². The molecular weight excluding hydrogens is 274 g/mol. The van der Waals surface area contributed by atoms with Gasteiger partial charge in [0.2, 0.25) is 0 Å². The van der Waals surface area contributed by atoms with Crippen LogP contribution >= 0.6 is 0 Å². The van der Waals surface area contributed by atoms with Gasteiger partial charge in [0.15, 0.2) is 5.43 Å². The minimum atomic E-state index is -2.98. The molecule has 1 heterocycles. The Bertz CT molecular complexity index is 816. The number of aromatic nitrogens is 1. The summed E-state index contributed by atoms with van der Waals surface area (Å²) in [6, 6.07) is 9.02. The zero-order chi connectivity index (χ0) is 14.4. The molecule has 0 radical (unpaired) electrons. The highest BCUT2D eigenvalue weighted by molar-refractivity contribution is 7.90. The molecule has 20 heavy (non-hydrogen) atoms. The van der Waals surface area contributed by atoms with Gasteiger partial charge in [0, 0.05) is 35.9 Å². The van der Waals surface area contributed by atoms with Crippen LogP contribution in [0.15, 0.2) is 41.3 Å². The van der Waals surface area contributed by atoms with Crippen molar-refractivity contribution in [3.8, 4) is 0 Å². The Morgan fingerprint density at radius 2 is 1.90 bits per heavy atom. The van der Waals surface area contributed by atoms with Crippen LogP contribution in [0.5, 0.6) is 0 Å². The van der Waals surface area contributed by atoms with Crippen molar-refractivity contribution in [2.75, 3.05) is 12.0 Å². The molecule has 106 valence electrons. The topological polar surface area (TPSA) is 56.1 Å². The third-order valence-corrected chi connectivity index (χ3v) is 5.05. The number of rotatable bonds is 4. The molecule has 1 aliphatic carbocycles. The number of hydrogen-bond donors (Lipinski definition) is 0. The lowest BCUT2D eigenvalue weighted by atomic mass is 10.1. The SMILES string of the molecule is CS(=O)(=O)CC1(Cn2ccc(=O)c3ccccc32)CC1. The second kappa shape index (κ2) is 4.45. The molecule has 1 aliphatic rings. The summed E-state index contributed by atoms with van der Waals surface area (Å²) in [6.45, 7) is 0.654. The van der Waals surface area contributed by atoms with Crippen molar-refractivity contribution in [3.05, 3.63) is 46.8 Å². The Kier molecular flexibility index (Phi) is 2.97. The van der Waals surface area contributed by atoms with Crippen LogP contribution in [0.1, 0.15) is 12.8 Å². The fourth-order valence-corrected chi connectivity index (χ4v) is 4.33. The number of pyridine rings is 1. The van der Waals surface area contributed by atoms with Crippen LogP contribution in [0.25, 0.3) is 10.9 Å². The molecule has 0 spiro atoms. The van der Waals surface area contributed by atoms with Crippen molar-refractivity contribution >= 4 is 20.7 Å². The molecular formula is C15H17NO3S. The highest BCUT2D eigenvalue weighted by atomic mass is 32.2. The number of benzene rings is 1. The lowest BCUT2D eigenvalue weighted by Crippen LogP contribution is -2.22. The second-order valence-corrected chi connectivity index (χ2v) is 8.04. The van der Waals surface area contributed by atoms with Crippen LogP contribution in [-0.2, 0) is 16.4 Å². The van der Waals surface area contributed by atoms with Gasteiger partial charge in [-0.2, -0.15) is 0 Å². The van der Waals surface area contributed by atoms with E-state index in [9.17, 15) is 13.2 Å². The van der Waals surface area contributed by atoms with E-state index in [-0.39, 0.29) is 16.6 Å². The zero-order valence-electron chi connectivity index (χ0n) is 11.4. The highest BCUT2D eigenvalue weighted by Gasteiger charge is 2.45. The minimum absolute atomic E-state index is 0.00445. The van der Waals surface area contributed by atoms with E-state index in [2.05, 4.69) is 0 Å². The van der Waals surface area contributed by atoms with Crippen molar-refractivity contribution < 1.29 is 8.42 Å². The first-order valence-corrected chi connectivity index (χ1v) is 8.71. The van der Waals surface area contributed by atoms with Gasteiger partial charge in [-0.1, -0.05) is 12.1 Å². The summed E-state index contributed by atoms with van der Waals surface area (Å²) in [5.74, 6) is 0.223. The van der Waals surface area contributed by atoms with E-state index in [0.717, 1.165) is 18.4 Å². The molecule has 3 rings (SSSR count). The van der Waals surface area contributed by atoms with E-state index in [4.69, 9.17) is 0 Å². The maximum Gasteiger partial charge on any atom is 0.189 e. The summed E-state index contributed by atoms with van der Waals surface area (Å²) in [7, 11) is -2.98. The monoisotopic (exact) mass is 291 g/mol. The Morgan fingerprint density at radius 1 is 1.20 bits per heavy atom. The molecule has 1 saturated carbocycles. The Balaban J connectivity index is 2.00. The average molecular weight is 291 g/mol. The summed E-state index contributed by atoms with van der Waals surface area (Å²) in [6.07, 6.45) is 4.92. The molecule has 0 N–H and O–H groups in total. The summed E-state index contributed by atoms with van der Waals surface area (Å²) >= 11 is 0. The molecule has 0 amide bonds. The molecule has 1 aromatic carbocycles. The van der Waals surface area contributed by atoms with Crippen LogP contribution in [0.2, 0.25) is 0 Å². The molecule has 0 atom stereocenters. The summed E-state index contributed by atoms with van der Waals surface area (Å²) in [5.41, 5.74) is 0.732. The summed E-state index contributed by atoms with van der Waals surface area (Å²) < 4.78 is 25.1. The first-order valence-electron chi connectivity index (χ1n) is 6.65. The number of fused-ring (bicyclic) bond motifs is 1. The largest absolute Gasteiger partial charge is 0.347 e. The van der Waals surface area contributed by atoms with Crippen molar-refractivity contribution in [2.45, 2.75) is 19.4 Å². The number of nitrogens with zero attached hydrogens (tertiary/aromatic N) is 1. The van der Waals surface area contributed by atoms with Crippen LogP contribution in [-0.4, -0.2) is 25.0 Å². The van der Waals surface area contributed by atoms with E-state index in [1.54, 1.807) is 12.3 Å². The van der Waals surface area contributed by atoms with Gasteiger partial charge in [-0.05, 0) is 25.0 Å². The molecule has 0 unspecified atom stereocenters. The van der Waals surface area contributed by atoms with Gasteiger partial charge < -0.3 is 4.57 Å². The maximum atomic E-state index is 11.8. The quantitative estimate of drug-likeness (QED) is 0.863. The molecule has 1 fully saturated rings. The average Bonchev–Trinajstić information content (AvgIpc) is 3.10. The number of hydrogen-bond acceptors (Lipinski definition) is 3.